The number of hydrogen-bond donors (Lipinski definition) is 3. The minimum atomic E-state index is 0.539. The van der Waals surface area contributed by atoms with Crippen LogP contribution in [-0.2, 0) is 0 Å². The van der Waals surface area contributed by atoms with Crippen LogP contribution >= 0.6 is 0 Å². The summed E-state index contributed by atoms with van der Waals surface area (Å²) in [6.45, 7) is 2.19. The molecule has 0 aliphatic carbocycles. The zero-order chi connectivity index (χ0) is 12.2. The van der Waals surface area contributed by atoms with Gasteiger partial charge < -0.3 is 16.0 Å². The lowest BCUT2D eigenvalue weighted by atomic mass is 9.88. The van der Waals surface area contributed by atoms with Gasteiger partial charge in [0, 0.05) is 30.4 Å². The molecule has 0 aromatic carbocycles. The first-order valence-corrected chi connectivity index (χ1v) is 7.53. The van der Waals surface area contributed by atoms with Crippen LogP contribution in [-0.4, -0.2) is 31.2 Å². The van der Waals surface area contributed by atoms with Gasteiger partial charge in [-0.15, -0.1) is 0 Å². The third-order valence-electron chi connectivity index (χ3n) is 4.47. The van der Waals surface area contributed by atoms with E-state index in [2.05, 4.69) is 34.2 Å². The number of allylic oxidation sites excluding steroid dienone is 2. The molecule has 3 heteroatoms. The number of dihydropyridines is 1. The van der Waals surface area contributed by atoms with Crippen molar-refractivity contribution in [1.29, 1.82) is 0 Å². The minimum absolute atomic E-state index is 0.539. The van der Waals surface area contributed by atoms with Crippen LogP contribution in [0.15, 0.2) is 23.9 Å². The standard InChI is InChI=1S/C15H25N3/c1-3-10-16-12(6-1)14-8-5-9-15(18-14)13-7-2-4-11-17-13/h1,3,6,13-18H,2,4-5,7-11H2. The highest BCUT2D eigenvalue weighted by Gasteiger charge is 2.29. The van der Waals surface area contributed by atoms with E-state index in [1.54, 1.807) is 0 Å². The maximum atomic E-state index is 3.87. The largest absolute Gasteiger partial charge is 0.384 e. The van der Waals surface area contributed by atoms with E-state index in [-0.39, 0.29) is 0 Å². The van der Waals surface area contributed by atoms with Crippen molar-refractivity contribution in [2.75, 3.05) is 13.1 Å². The first kappa shape index (κ1) is 12.2. The van der Waals surface area contributed by atoms with Crippen LogP contribution in [0.4, 0.5) is 0 Å². The number of piperidine rings is 2. The normalized spacial score (nSPS) is 36.9. The van der Waals surface area contributed by atoms with Crippen molar-refractivity contribution >= 4 is 0 Å². The summed E-state index contributed by atoms with van der Waals surface area (Å²) in [4.78, 5) is 0. The Morgan fingerprint density at radius 2 is 1.94 bits per heavy atom. The summed E-state index contributed by atoms with van der Waals surface area (Å²) in [5, 5.41) is 11.1. The highest BCUT2D eigenvalue weighted by atomic mass is 15.1. The summed E-state index contributed by atoms with van der Waals surface area (Å²) in [5.41, 5.74) is 1.39. The van der Waals surface area contributed by atoms with Crippen molar-refractivity contribution in [3.63, 3.8) is 0 Å². The molecule has 3 aliphatic rings. The molecule has 0 radical (unpaired) electrons. The van der Waals surface area contributed by atoms with Gasteiger partial charge in [-0.1, -0.05) is 18.6 Å². The fourth-order valence-electron chi connectivity index (χ4n) is 3.47. The highest BCUT2D eigenvalue weighted by molar-refractivity contribution is 5.22. The second kappa shape index (κ2) is 5.89. The second-order valence-corrected chi connectivity index (χ2v) is 5.74. The van der Waals surface area contributed by atoms with Gasteiger partial charge >= 0.3 is 0 Å². The van der Waals surface area contributed by atoms with Gasteiger partial charge in [0.25, 0.3) is 0 Å². The number of rotatable bonds is 2. The van der Waals surface area contributed by atoms with Crippen molar-refractivity contribution in [3.05, 3.63) is 23.9 Å². The van der Waals surface area contributed by atoms with Gasteiger partial charge in [-0.25, -0.2) is 0 Å². The van der Waals surface area contributed by atoms with Crippen LogP contribution in [0.5, 0.6) is 0 Å². The van der Waals surface area contributed by atoms with Crippen molar-refractivity contribution in [1.82, 2.24) is 16.0 Å². The molecule has 0 amide bonds. The number of hydrogen-bond acceptors (Lipinski definition) is 3. The molecule has 3 N–H and O–H groups in total. The summed E-state index contributed by atoms with van der Waals surface area (Å²) in [6, 6.07) is 1.90. The molecule has 3 aliphatic heterocycles. The van der Waals surface area contributed by atoms with Crippen molar-refractivity contribution in [2.24, 2.45) is 0 Å². The monoisotopic (exact) mass is 247 g/mol. The van der Waals surface area contributed by atoms with E-state index in [9.17, 15) is 0 Å². The lowest BCUT2D eigenvalue weighted by Gasteiger charge is -2.39. The second-order valence-electron chi connectivity index (χ2n) is 5.74. The Balaban J connectivity index is 1.60. The smallest absolute Gasteiger partial charge is 0.0472 e. The zero-order valence-corrected chi connectivity index (χ0v) is 11.1. The van der Waals surface area contributed by atoms with E-state index in [1.165, 1.54) is 50.8 Å². The Morgan fingerprint density at radius 1 is 1.00 bits per heavy atom. The molecule has 0 saturated carbocycles. The van der Waals surface area contributed by atoms with E-state index in [4.69, 9.17) is 0 Å². The van der Waals surface area contributed by atoms with Gasteiger partial charge in [0.05, 0.1) is 0 Å². The molecule has 3 rings (SSSR count). The van der Waals surface area contributed by atoms with Gasteiger partial charge in [-0.05, 0) is 44.7 Å². The predicted octanol–water partition coefficient (Wildman–Crippen LogP) is 1.68. The molecule has 3 nitrogen and oxygen atoms in total. The summed E-state index contributed by atoms with van der Waals surface area (Å²) in [6.07, 6.45) is 14.6. The third kappa shape index (κ3) is 2.78. The average Bonchev–Trinajstić information content (AvgIpc) is 2.49. The Morgan fingerprint density at radius 3 is 2.72 bits per heavy atom. The third-order valence-corrected chi connectivity index (χ3v) is 4.47. The maximum Gasteiger partial charge on any atom is 0.0472 e. The molecule has 3 heterocycles. The van der Waals surface area contributed by atoms with Gasteiger partial charge in [-0.3, -0.25) is 0 Å². The van der Waals surface area contributed by atoms with Crippen LogP contribution < -0.4 is 16.0 Å². The lowest BCUT2D eigenvalue weighted by molar-refractivity contribution is 0.245. The molecular formula is C15H25N3. The molecule has 0 aromatic rings. The zero-order valence-electron chi connectivity index (χ0n) is 11.1. The summed E-state index contributed by atoms with van der Waals surface area (Å²) < 4.78 is 0. The van der Waals surface area contributed by atoms with Crippen LogP contribution in [0.25, 0.3) is 0 Å². The summed E-state index contributed by atoms with van der Waals surface area (Å²) >= 11 is 0. The lowest BCUT2D eigenvalue weighted by Crippen LogP contribution is -2.56. The quantitative estimate of drug-likeness (QED) is 0.695. The van der Waals surface area contributed by atoms with E-state index in [0.717, 1.165) is 6.54 Å². The van der Waals surface area contributed by atoms with Gasteiger partial charge in [0.15, 0.2) is 0 Å². The van der Waals surface area contributed by atoms with Gasteiger partial charge in [-0.2, -0.15) is 0 Å². The summed E-state index contributed by atoms with van der Waals surface area (Å²) in [5.74, 6) is 0. The van der Waals surface area contributed by atoms with Crippen LogP contribution in [0, 0.1) is 0 Å². The molecule has 0 bridgehead atoms. The first-order chi connectivity index (χ1) is 8.93. The Hall–Kier alpha value is -0.800. The Bertz CT molecular complexity index is 329. The van der Waals surface area contributed by atoms with Crippen molar-refractivity contribution in [2.45, 2.75) is 56.7 Å². The van der Waals surface area contributed by atoms with Crippen molar-refractivity contribution in [3.8, 4) is 0 Å². The van der Waals surface area contributed by atoms with E-state index in [1.807, 2.05) is 0 Å². The summed E-state index contributed by atoms with van der Waals surface area (Å²) in [7, 11) is 0. The fourth-order valence-corrected chi connectivity index (χ4v) is 3.47. The van der Waals surface area contributed by atoms with E-state index < -0.39 is 0 Å². The van der Waals surface area contributed by atoms with E-state index >= 15 is 0 Å². The minimum Gasteiger partial charge on any atom is -0.384 e. The highest BCUT2D eigenvalue weighted by Crippen LogP contribution is 2.23. The SMILES string of the molecule is C1=CCNC(C2CCCC(C3CCCCN3)N2)=C1. The molecule has 3 atom stereocenters. The van der Waals surface area contributed by atoms with Crippen molar-refractivity contribution < 1.29 is 0 Å². The van der Waals surface area contributed by atoms with E-state index in [0.29, 0.717) is 18.1 Å². The van der Waals surface area contributed by atoms with Crippen LogP contribution in [0.1, 0.15) is 38.5 Å². The maximum absolute atomic E-state index is 3.87. The predicted molar refractivity (Wildman–Crippen MR) is 75.4 cm³/mol. The average molecular weight is 247 g/mol. The number of nitrogens with one attached hydrogen (secondary N) is 3. The molecule has 0 spiro atoms. The van der Waals surface area contributed by atoms with Gasteiger partial charge in [0.1, 0.15) is 0 Å². The molecule has 100 valence electrons. The molecule has 2 saturated heterocycles. The Labute approximate surface area is 110 Å². The molecular weight excluding hydrogens is 222 g/mol. The molecule has 3 unspecified atom stereocenters. The Kier molecular flexibility index (Phi) is 4.01. The topological polar surface area (TPSA) is 36.1 Å². The van der Waals surface area contributed by atoms with Crippen LogP contribution in [0.3, 0.4) is 0 Å². The molecule has 2 fully saturated rings. The van der Waals surface area contributed by atoms with Crippen LogP contribution in [0.2, 0.25) is 0 Å². The van der Waals surface area contributed by atoms with Gasteiger partial charge in [0.2, 0.25) is 0 Å². The first-order valence-electron chi connectivity index (χ1n) is 7.53. The fraction of sp³-hybridized carbons (Fsp3) is 0.733. The molecule has 0 aromatic heterocycles. The molecule has 18 heavy (non-hydrogen) atoms.